The van der Waals surface area contributed by atoms with Crippen molar-refractivity contribution in [2.45, 2.75) is 31.5 Å². The van der Waals surface area contributed by atoms with E-state index in [0.717, 1.165) is 11.1 Å². The van der Waals surface area contributed by atoms with E-state index >= 15 is 0 Å². The molecule has 2 aliphatic rings. The number of nitro groups is 2. The lowest BCUT2D eigenvalue weighted by Gasteiger charge is -2.31. The zero-order valence-electron chi connectivity index (χ0n) is 23.4. The molecule has 44 heavy (non-hydrogen) atoms. The number of aryl methyl sites for hydroxylation is 1. The van der Waals surface area contributed by atoms with Gasteiger partial charge in [-0.2, -0.15) is 0 Å². The smallest absolute Gasteiger partial charge is 0.342 e. The number of non-ortho nitro benzene ring substituents is 1. The Bertz CT molecular complexity index is 1690. The van der Waals surface area contributed by atoms with E-state index in [1.54, 1.807) is 0 Å². The number of imide groups is 1. The summed E-state index contributed by atoms with van der Waals surface area (Å²) in [5.74, 6) is -6.07. The molecule has 16 nitrogen and oxygen atoms in total. The molecule has 2 N–H and O–H groups in total. The van der Waals surface area contributed by atoms with Crippen molar-refractivity contribution in [3.63, 3.8) is 0 Å². The predicted octanol–water partition coefficient (Wildman–Crippen LogP) is 1.81. The van der Waals surface area contributed by atoms with Gasteiger partial charge in [-0.15, -0.1) is 0 Å². The molecule has 0 aliphatic carbocycles. The van der Waals surface area contributed by atoms with Crippen LogP contribution < -0.4 is 5.32 Å². The van der Waals surface area contributed by atoms with Crippen molar-refractivity contribution in [3.8, 4) is 0 Å². The molecule has 2 aromatic carbocycles. The Balaban J connectivity index is 1.55. The monoisotopic (exact) mass is 606 g/mol. The third kappa shape index (κ3) is 4.94. The zero-order valence-corrected chi connectivity index (χ0v) is 23.4. The maximum atomic E-state index is 14.0. The van der Waals surface area contributed by atoms with Crippen molar-refractivity contribution >= 4 is 35.3 Å². The third-order valence-electron chi connectivity index (χ3n) is 8.22. The minimum absolute atomic E-state index is 0.145. The Morgan fingerprint density at radius 2 is 1.68 bits per heavy atom. The van der Waals surface area contributed by atoms with Crippen LogP contribution in [0.1, 0.15) is 33.4 Å². The second-order valence-electron chi connectivity index (χ2n) is 10.5. The molecule has 2 amide bonds. The number of rotatable bonds is 10. The van der Waals surface area contributed by atoms with Gasteiger partial charge in [-0.05, 0) is 28.2 Å². The summed E-state index contributed by atoms with van der Waals surface area (Å²) in [6.07, 6.45) is 0.770. The number of imidazole rings is 1. The molecule has 2 aliphatic heterocycles. The van der Waals surface area contributed by atoms with Crippen LogP contribution in [0.25, 0.3) is 0 Å². The molecule has 0 bridgehead atoms. The van der Waals surface area contributed by atoms with Gasteiger partial charge in [0.1, 0.15) is 18.3 Å². The number of ether oxygens (including phenoxy) is 1. The van der Waals surface area contributed by atoms with Gasteiger partial charge in [0, 0.05) is 31.5 Å². The Morgan fingerprint density at radius 1 is 1.02 bits per heavy atom. The summed E-state index contributed by atoms with van der Waals surface area (Å²) in [5.41, 5.74) is -1.20. The number of amides is 2. The Morgan fingerprint density at radius 3 is 2.25 bits per heavy atom. The highest BCUT2D eigenvalue weighted by Gasteiger charge is 2.68. The third-order valence-corrected chi connectivity index (χ3v) is 8.22. The van der Waals surface area contributed by atoms with E-state index in [0.29, 0.717) is 17.0 Å². The topological polar surface area (TPSA) is 217 Å². The minimum Gasteiger partial charge on any atom is -0.480 e. The summed E-state index contributed by atoms with van der Waals surface area (Å²) in [7, 11) is 1.22. The fourth-order valence-corrected chi connectivity index (χ4v) is 6.08. The van der Waals surface area contributed by atoms with Gasteiger partial charge in [0.05, 0.1) is 36.0 Å². The van der Waals surface area contributed by atoms with E-state index in [1.165, 1.54) is 67.1 Å². The van der Waals surface area contributed by atoms with Crippen LogP contribution in [0.3, 0.4) is 0 Å². The van der Waals surface area contributed by atoms with Crippen LogP contribution in [-0.4, -0.2) is 72.4 Å². The number of hydrogen-bond donors (Lipinski definition) is 2. The van der Waals surface area contributed by atoms with Gasteiger partial charge < -0.3 is 20.0 Å². The lowest BCUT2D eigenvalue weighted by Crippen LogP contribution is -2.57. The van der Waals surface area contributed by atoms with Crippen LogP contribution in [-0.2, 0) is 32.1 Å². The molecule has 0 saturated carbocycles. The molecule has 2 fully saturated rings. The standard InChI is InChI=1S/C28H26N6O10/c1-15-29-14-20(34(42)43)31(15)11-12-32-24(35)21-22(25(32)36)28(27(38)39,13-16-3-9-19(10-4-16)33(40)41)30-23(21)17-5-7-18(8-6-17)26(37)44-2/h3-10,14,21-23,30H,11-13H2,1-2H3,(H,38,39). The summed E-state index contributed by atoms with van der Waals surface area (Å²) >= 11 is 0. The summed E-state index contributed by atoms with van der Waals surface area (Å²) in [6, 6.07) is 10.2. The van der Waals surface area contributed by atoms with Gasteiger partial charge in [0.25, 0.3) is 5.69 Å². The second-order valence-corrected chi connectivity index (χ2v) is 10.5. The van der Waals surface area contributed by atoms with Crippen LogP contribution in [0.5, 0.6) is 0 Å². The molecule has 5 rings (SSSR count). The highest BCUT2D eigenvalue weighted by atomic mass is 16.6. The lowest BCUT2D eigenvalue weighted by atomic mass is 9.76. The van der Waals surface area contributed by atoms with Gasteiger partial charge in [0.15, 0.2) is 5.82 Å². The molecule has 3 heterocycles. The number of methoxy groups -OCH3 is 1. The fraction of sp³-hybridized carbons (Fsp3) is 0.321. The average molecular weight is 607 g/mol. The van der Waals surface area contributed by atoms with Gasteiger partial charge in [-0.3, -0.25) is 34.7 Å². The van der Waals surface area contributed by atoms with Crippen LogP contribution >= 0.6 is 0 Å². The quantitative estimate of drug-likeness (QED) is 0.146. The Labute approximate surface area is 248 Å². The van der Waals surface area contributed by atoms with Crippen molar-refractivity contribution in [2.75, 3.05) is 13.7 Å². The van der Waals surface area contributed by atoms with Crippen molar-refractivity contribution in [1.82, 2.24) is 19.8 Å². The number of fused-ring (bicyclic) bond motifs is 1. The first-order valence-electron chi connectivity index (χ1n) is 13.3. The summed E-state index contributed by atoms with van der Waals surface area (Å²) < 4.78 is 5.98. The maximum absolute atomic E-state index is 14.0. The normalized spacial score (nSPS) is 22.6. The molecule has 16 heteroatoms. The molecule has 0 spiro atoms. The SMILES string of the molecule is COC(=O)c1ccc(C2NC(Cc3ccc([N+](=O)[O-])cc3)(C(=O)O)C3C(=O)N(CCn4c([N+](=O)[O-])cnc4C)C(=O)C23)cc1. The number of carbonyl (C=O) groups excluding carboxylic acids is 3. The fourth-order valence-electron chi connectivity index (χ4n) is 6.08. The van der Waals surface area contributed by atoms with Crippen molar-refractivity contribution in [1.29, 1.82) is 0 Å². The first-order valence-corrected chi connectivity index (χ1v) is 13.3. The summed E-state index contributed by atoms with van der Waals surface area (Å²) in [5, 5.41) is 36.3. The molecule has 4 unspecified atom stereocenters. The molecular formula is C28H26N6O10. The van der Waals surface area contributed by atoms with Gasteiger partial charge in [-0.25, -0.2) is 14.3 Å². The van der Waals surface area contributed by atoms with Gasteiger partial charge in [0.2, 0.25) is 11.8 Å². The van der Waals surface area contributed by atoms with E-state index in [-0.39, 0.29) is 36.6 Å². The molecule has 3 aromatic rings. The minimum atomic E-state index is -2.01. The number of aliphatic carboxylic acids is 1. The largest absolute Gasteiger partial charge is 0.480 e. The number of esters is 1. The number of likely N-dealkylation sites (tertiary alicyclic amines) is 1. The number of benzene rings is 2. The first kappa shape index (κ1) is 30.0. The Kier molecular flexibility index (Phi) is 7.69. The van der Waals surface area contributed by atoms with Gasteiger partial charge in [-0.1, -0.05) is 24.3 Å². The highest BCUT2D eigenvalue weighted by molar-refractivity contribution is 6.09. The predicted molar refractivity (Wildman–Crippen MR) is 148 cm³/mol. The van der Waals surface area contributed by atoms with E-state index < -0.39 is 57.0 Å². The molecule has 228 valence electrons. The number of hydrogen-bond acceptors (Lipinski definition) is 11. The van der Waals surface area contributed by atoms with E-state index in [4.69, 9.17) is 4.74 Å². The highest BCUT2D eigenvalue weighted by Crippen LogP contribution is 2.50. The lowest BCUT2D eigenvalue weighted by molar-refractivity contribution is -0.392. The second kappa shape index (κ2) is 11.3. The summed E-state index contributed by atoms with van der Waals surface area (Å²) in [4.78, 5) is 79.1. The average Bonchev–Trinajstić information content (AvgIpc) is 3.63. The number of carboxylic acids is 1. The number of nitro benzene ring substituents is 1. The van der Waals surface area contributed by atoms with Crippen LogP contribution in [0, 0.1) is 39.0 Å². The van der Waals surface area contributed by atoms with E-state index in [1.807, 2.05) is 0 Å². The molecule has 1 aromatic heterocycles. The van der Waals surface area contributed by atoms with Crippen molar-refractivity contribution in [2.24, 2.45) is 11.8 Å². The number of nitrogens with zero attached hydrogens (tertiary/aromatic N) is 5. The first-order chi connectivity index (χ1) is 20.9. The van der Waals surface area contributed by atoms with Crippen molar-refractivity contribution in [3.05, 3.63) is 97.5 Å². The number of aromatic nitrogens is 2. The molecular weight excluding hydrogens is 580 g/mol. The van der Waals surface area contributed by atoms with E-state index in [9.17, 15) is 44.5 Å². The van der Waals surface area contributed by atoms with Crippen LogP contribution in [0.2, 0.25) is 0 Å². The van der Waals surface area contributed by atoms with E-state index in [2.05, 4.69) is 10.3 Å². The molecule has 4 atom stereocenters. The Hall–Kier alpha value is -5.51. The van der Waals surface area contributed by atoms with Crippen LogP contribution in [0.4, 0.5) is 11.5 Å². The molecule has 0 radical (unpaired) electrons. The number of carboxylic acid groups (broad SMARTS) is 1. The maximum Gasteiger partial charge on any atom is 0.342 e. The van der Waals surface area contributed by atoms with Crippen molar-refractivity contribution < 1.29 is 38.9 Å². The van der Waals surface area contributed by atoms with Gasteiger partial charge >= 0.3 is 17.8 Å². The summed E-state index contributed by atoms with van der Waals surface area (Å²) in [6.45, 7) is 1.12. The molecule has 2 saturated heterocycles. The number of carbonyl (C=O) groups is 4. The number of nitrogens with one attached hydrogen (secondary N) is 1. The zero-order chi connectivity index (χ0) is 31.9. The van der Waals surface area contributed by atoms with Crippen LogP contribution in [0.15, 0.2) is 54.7 Å².